The fraction of sp³-hybridized carbons (Fsp3) is 0.318. The van der Waals surface area contributed by atoms with E-state index in [1.54, 1.807) is 24.3 Å². The normalized spacial score (nSPS) is 11.5. The molecule has 0 spiro atoms. The van der Waals surface area contributed by atoms with Crippen LogP contribution in [0.25, 0.3) is 0 Å². The molecule has 0 bridgehead atoms. The Morgan fingerprint density at radius 1 is 1.10 bits per heavy atom. The van der Waals surface area contributed by atoms with Crippen LogP contribution in [0.5, 0.6) is 0 Å². The highest BCUT2D eigenvalue weighted by Gasteiger charge is 2.23. The van der Waals surface area contributed by atoms with Crippen molar-refractivity contribution in [1.82, 2.24) is 10.2 Å². The molecular formula is C22H26N4O3S2. The van der Waals surface area contributed by atoms with Gasteiger partial charge in [0, 0.05) is 18.5 Å². The van der Waals surface area contributed by atoms with Crippen LogP contribution in [-0.4, -0.2) is 31.6 Å². The molecule has 3 rings (SSSR count). The van der Waals surface area contributed by atoms with Gasteiger partial charge in [0.2, 0.25) is 5.13 Å². The van der Waals surface area contributed by atoms with E-state index in [1.807, 2.05) is 19.1 Å². The summed E-state index contributed by atoms with van der Waals surface area (Å²) in [6, 6.07) is 13.2. The Labute approximate surface area is 187 Å². The highest BCUT2D eigenvalue weighted by molar-refractivity contribution is 7.92. The van der Waals surface area contributed by atoms with E-state index in [4.69, 9.17) is 0 Å². The average Bonchev–Trinajstić information content (AvgIpc) is 3.23. The first-order valence-electron chi connectivity index (χ1n) is 10.1. The second-order valence-corrected chi connectivity index (χ2v) is 10.2. The van der Waals surface area contributed by atoms with Gasteiger partial charge in [-0.3, -0.25) is 14.4 Å². The van der Waals surface area contributed by atoms with Crippen molar-refractivity contribution in [3.8, 4) is 0 Å². The number of benzene rings is 2. The van der Waals surface area contributed by atoms with Crippen LogP contribution < -0.4 is 9.62 Å². The molecule has 1 heterocycles. The smallest absolute Gasteiger partial charge is 0.264 e. The predicted molar refractivity (Wildman–Crippen MR) is 124 cm³/mol. The molecule has 1 amide bonds. The number of aromatic nitrogens is 2. The summed E-state index contributed by atoms with van der Waals surface area (Å²) in [7, 11) is -2.33. The van der Waals surface area contributed by atoms with Gasteiger partial charge in [-0.1, -0.05) is 48.9 Å². The lowest BCUT2D eigenvalue weighted by Crippen LogP contribution is -2.26. The minimum Gasteiger partial charge on any atom is -0.296 e. The maximum atomic E-state index is 13.1. The molecule has 7 nitrogen and oxygen atoms in total. The standard InChI is InChI=1S/C22H26N4O3S2/c1-5-16(6-2)21-24-25-22(30-21)23-20(27)17-8-7-9-19(14-17)31(28,29)26(4)18-12-10-15(3)11-13-18/h7-14,16H,5-6H2,1-4H3,(H,23,25,27). The zero-order valence-corrected chi connectivity index (χ0v) is 19.6. The van der Waals surface area contributed by atoms with E-state index in [9.17, 15) is 13.2 Å². The zero-order valence-electron chi connectivity index (χ0n) is 18.0. The number of rotatable bonds is 8. The molecule has 0 saturated carbocycles. The van der Waals surface area contributed by atoms with Gasteiger partial charge in [-0.15, -0.1) is 10.2 Å². The van der Waals surface area contributed by atoms with Gasteiger partial charge in [-0.05, 0) is 50.1 Å². The summed E-state index contributed by atoms with van der Waals surface area (Å²) < 4.78 is 27.3. The van der Waals surface area contributed by atoms with Crippen LogP contribution >= 0.6 is 11.3 Å². The highest BCUT2D eigenvalue weighted by atomic mass is 32.2. The quantitative estimate of drug-likeness (QED) is 0.522. The molecule has 0 atom stereocenters. The van der Waals surface area contributed by atoms with E-state index in [0.717, 1.165) is 23.4 Å². The monoisotopic (exact) mass is 458 g/mol. The second kappa shape index (κ2) is 9.57. The van der Waals surface area contributed by atoms with E-state index in [1.165, 1.54) is 34.8 Å². The number of hydrogen-bond acceptors (Lipinski definition) is 6. The molecule has 0 aliphatic carbocycles. The summed E-state index contributed by atoms with van der Waals surface area (Å²) in [5, 5.41) is 12.2. The number of carbonyl (C=O) groups excluding carboxylic acids is 1. The Bertz CT molecular complexity index is 1150. The predicted octanol–water partition coefficient (Wildman–Crippen LogP) is 4.83. The topological polar surface area (TPSA) is 92.3 Å². The summed E-state index contributed by atoms with van der Waals surface area (Å²) in [4.78, 5) is 12.7. The summed E-state index contributed by atoms with van der Waals surface area (Å²) >= 11 is 1.35. The lowest BCUT2D eigenvalue weighted by atomic mass is 10.1. The molecular weight excluding hydrogens is 432 g/mol. The van der Waals surface area contributed by atoms with E-state index in [2.05, 4.69) is 29.4 Å². The number of aryl methyl sites for hydroxylation is 1. The third kappa shape index (κ3) is 5.11. The van der Waals surface area contributed by atoms with E-state index in [0.29, 0.717) is 16.7 Å². The van der Waals surface area contributed by atoms with E-state index < -0.39 is 15.9 Å². The molecule has 0 unspecified atom stereocenters. The minimum atomic E-state index is -3.82. The van der Waals surface area contributed by atoms with Crippen molar-refractivity contribution in [3.63, 3.8) is 0 Å². The van der Waals surface area contributed by atoms with Crippen LogP contribution in [0.1, 0.15) is 53.5 Å². The molecule has 0 aliphatic rings. The molecule has 164 valence electrons. The number of amides is 1. The SMILES string of the molecule is CCC(CC)c1nnc(NC(=O)c2cccc(S(=O)(=O)N(C)c3ccc(C)cc3)c2)s1. The first-order valence-corrected chi connectivity index (χ1v) is 12.3. The Hall–Kier alpha value is -2.78. The number of carbonyl (C=O) groups is 1. The van der Waals surface area contributed by atoms with Crippen molar-refractivity contribution in [2.75, 3.05) is 16.7 Å². The summed E-state index contributed by atoms with van der Waals surface area (Å²) in [6.07, 6.45) is 1.90. The third-order valence-corrected chi connectivity index (χ3v) is 7.93. The molecule has 1 N–H and O–H groups in total. The van der Waals surface area contributed by atoms with Crippen molar-refractivity contribution in [3.05, 3.63) is 64.7 Å². The number of nitrogens with one attached hydrogen (secondary N) is 1. The van der Waals surface area contributed by atoms with Gasteiger partial charge in [0.1, 0.15) is 5.01 Å². The van der Waals surface area contributed by atoms with Crippen LogP contribution in [0.4, 0.5) is 10.8 Å². The van der Waals surface area contributed by atoms with Gasteiger partial charge in [0.05, 0.1) is 10.6 Å². The van der Waals surface area contributed by atoms with Gasteiger partial charge < -0.3 is 0 Å². The number of hydrogen-bond donors (Lipinski definition) is 1. The number of sulfonamides is 1. The Kier molecular flexibility index (Phi) is 7.07. The summed E-state index contributed by atoms with van der Waals surface area (Å²) in [5.41, 5.74) is 1.82. The van der Waals surface area contributed by atoms with Crippen LogP contribution in [-0.2, 0) is 10.0 Å². The maximum Gasteiger partial charge on any atom is 0.264 e. The van der Waals surface area contributed by atoms with Crippen LogP contribution in [0.15, 0.2) is 53.4 Å². The molecule has 0 radical (unpaired) electrons. The Morgan fingerprint density at radius 2 is 1.77 bits per heavy atom. The van der Waals surface area contributed by atoms with Gasteiger partial charge in [-0.25, -0.2) is 8.42 Å². The lowest BCUT2D eigenvalue weighted by molar-refractivity contribution is 0.102. The average molecular weight is 459 g/mol. The molecule has 0 saturated heterocycles. The second-order valence-electron chi connectivity index (χ2n) is 7.25. The molecule has 2 aromatic carbocycles. The van der Waals surface area contributed by atoms with Crippen molar-refractivity contribution in [1.29, 1.82) is 0 Å². The maximum absolute atomic E-state index is 13.1. The highest BCUT2D eigenvalue weighted by Crippen LogP contribution is 2.28. The van der Waals surface area contributed by atoms with Crippen LogP contribution in [0.3, 0.4) is 0 Å². The first kappa shape index (κ1) is 22.9. The minimum absolute atomic E-state index is 0.0400. The Morgan fingerprint density at radius 3 is 2.42 bits per heavy atom. The van der Waals surface area contributed by atoms with E-state index in [-0.39, 0.29) is 10.5 Å². The van der Waals surface area contributed by atoms with Gasteiger partial charge in [-0.2, -0.15) is 0 Å². The molecule has 0 fully saturated rings. The molecule has 1 aromatic heterocycles. The van der Waals surface area contributed by atoms with E-state index >= 15 is 0 Å². The Balaban J connectivity index is 1.80. The zero-order chi connectivity index (χ0) is 22.6. The third-order valence-electron chi connectivity index (χ3n) is 5.15. The number of nitrogens with zero attached hydrogens (tertiary/aromatic N) is 3. The summed E-state index contributed by atoms with van der Waals surface area (Å²) in [5.74, 6) is -0.115. The van der Waals surface area contributed by atoms with Gasteiger partial charge >= 0.3 is 0 Å². The van der Waals surface area contributed by atoms with Crippen molar-refractivity contribution in [2.24, 2.45) is 0 Å². The number of anilines is 2. The molecule has 0 aliphatic heterocycles. The van der Waals surface area contributed by atoms with Crippen molar-refractivity contribution < 1.29 is 13.2 Å². The first-order chi connectivity index (χ1) is 14.8. The molecule has 3 aromatic rings. The van der Waals surface area contributed by atoms with Crippen LogP contribution in [0, 0.1) is 6.92 Å². The van der Waals surface area contributed by atoms with Crippen LogP contribution in [0.2, 0.25) is 0 Å². The molecule has 9 heteroatoms. The fourth-order valence-corrected chi connectivity index (χ4v) is 5.35. The van der Waals surface area contributed by atoms with Crippen molar-refractivity contribution >= 4 is 38.1 Å². The van der Waals surface area contributed by atoms with Gasteiger partial charge in [0.25, 0.3) is 15.9 Å². The van der Waals surface area contributed by atoms with Crippen molar-refractivity contribution in [2.45, 2.75) is 44.4 Å². The molecule has 31 heavy (non-hydrogen) atoms. The lowest BCUT2D eigenvalue weighted by Gasteiger charge is -2.20. The van der Waals surface area contributed by atoms with Gasteiger partial charge in [0.15, 0.2) is 0 Å². The summed E-state index contributed by atoms with van der Waals surface area (Å²) in [6.45, 7) is 6.12. The largest absolute Gasteiger partial charge is 0.296 e. The fourth-order valence-electron chi connectivity index (χ4n) is 3.11.